The van der Waals surface area contributed by atoms with Gasteiger partial charge < -0.3 is 15.2 Å². The summed E-state index contributed by atoms with van der Waals surface area (Å²) < 4.78 is 4.94. The molecule has 0 aliphatic rings. The van der Waals surface area contributed by atoms with Crippen LogP contribution in [0.5, 0.6) is 0 Å². The number of rotatable bonds is 3. The van der Waals surface area contributed by atoms with Crippen molar-refractivity contribution >= 4 is 6.09 Å². The molecule has 0 aliphatic heterocycles. The average Bonchev–Trinajstić information content (AvgIpc) is 1.97. The molecule has 2 N–H and O–H groups in total. The van der Waals surface area contributed by atoms with Crippen LogP contribution < -0.4 is 5.32 Å². The largest absolute Gasteiger partial charge is 0.444 e. The normalized spacial score (nSPS) is 13.2. The lowest BCUT2D eigenvalue weighted by Gasteiger charge is -2.20. The summed E-state index contributed by atoms with van der Waals surface area (Å²) in [5, 5.41) is 11.4. The summed E-state index contributed by atoms with van der Waals surface area (Å²) >= 11 is 0. The quantitative estimate of drug-likeness (QED) is 0.649. The number of hydrogen-bond acceptors (Lipinski definition) is 3. The van der Waals surface area contributed by atoms with Gasteiger partial charge in [0.15, 0.2) is 0 Å². The zero-order valence-electron chi connectivity index (χ0n) is 8.33. The Balaban J connectivity index is 3.70. The van der Waals surface area contributed by atoms with Crippen molar-refractivity contribution in [3.63, 3.8) is 0 Å². The standard InChI is InChI=1S/C9H17NO3/c1-5-7(11)6-10-8(12)13-9(2,3)4/h5,7,11H,1,6H2,2-4H3,(H,10,12)/t7-/m1/s1. The van der Waals surface area contributed by atoms with E-state index in [1.165, 1.54) is 6.08 Å². The minimum Gasteiger partial charge on any atom is -0.444 e. The summed E-state index contributed by atoms with van der Waals surface area (Å²) in [6.07, 6.45) is 0.0816. The molecule has 0 aromatic rings. The first-order valence-corrected chi connectivity index (χ1v) is 4.12. The van der Waals surface area contributed by atoms with Crippen LogP contribution in [0.25, 0.3) is 0 Å². The van der Waals surface area contributed by atoms with Crippen LogP contribution in [0, 0.1) is 0 Å². The minimum atomic E-state index is -0.729. The molecular weight excluding hydrogens is 170 g/mol. The van der Waals surface area contributed by atoms with Gasteiger partial charge in [0, 0.05) is 0 Å². The summed E-state index contributed by atoms with van der Waals surface area (Å²) in [4.78, 5) is 11.0. The molecule has 0 unspecified atom stereocenters. The smallest absolute Gasteiger partial charge is 0.407 e. The fourth-order valence-electron chi connectivity index (χ4n) is 0.585. The van der Waals surface area contributed by atoms with Crippen LogP contribution >= 0.6 is 0 Å². The molecule has 76 valence electrons. The second-order valence-electron chi connectivity index (χ2n) is 3.69. The van der Waals surface area contributed by atoms with Crippen molar-refractivity contribution in [3.05, 3.63) is 12.7 Å². The molecule has 0 aromatic heterocycles. The van der Waals surface area contributed by atoms with Crippen LogP contribution in [0.2, 0.25) is 0 Å². The highest BCUT2D eigenvalue weighted by molar-refractivity contribution is 5.67. The topological polar surface area (TPSA) is 58.6 Å². The fourth-order valence-corrected chi connectivity index (χ4v) is 0.585. The van der Waals surface area contributed by atoms with Crippen molar-refractivity contribution in [2.45, 2.75) is 32.5 Å². The van der Waals surface area contributed by atoms with E-state index in [-0.39, 0.29) is 6.54 Å². The van der Waals surface area contributed by atoms with Gasteiger partial charge in [0.05, 0.1) is 12.6 Å². The Hall–Kier alpha value is -1.03. The molecule has 4 heteroatoms. The highest BCUT2D eigenvalue weighted by atomic mass is 16.6. The Kier molecular flexibility index (Phi) is 4.48. The van der Waals surface area contributed by atoms with E-state index in [1.807, 2.05) is 0 Å². The van der Waals surface area contributed by atoms with Crippen molar-refractivity contribution in [2.24, 2.45) is 0 Å². The first-order chi connectivity index (χ1) is 5.85. The van der Waals surface area contributed by atoms with E-state index in [1.54, 1.807) is 20.8 Å². The molecule has 0 bridgehead atoms. The number of nitrogens with one attached hydrogen (secondary N) is 1. The maximum atomic E-state index is 11.0. The lowest BCUT2D eigenvalue weighted by molar-refractivity contribution is 0.0505. The van der Waals surface area contributed by atoms with E-state index in [4.69, 9.17) is 9.84 Å². The minimum absolute atomic E-state index is 0.123. The summed E-state index contributed by atoms with van der Waals surface area (Å²) in [7, 11) is 0. The number of carbonyl (C=O) groups is 1. The highest BCUT2D eigenvalue weighted by Crippen LogP contribution is 2.06. The molecular formula is C9H17NO3. The Morgan fingerprint density at radius 1 is 1.69 bits per heavy atom. The van der Waals surface area contributed by atoms with Crippen LogP contribution in [0.4, 0.5) is 4.79 Å². The second kappa shape index (κ2) is 4.87. The maximum Gasteiger partial charge on any atom is 0.407 e. The van der Waals surface area contributed by atoms with Gasteiger partial charge >= 0.3 is 6.09 Å². The van der Waals surface area contributed by atoms with Crippen LogP contribution in [0.1, 0.15) is 20.8 Å². The Bertz CT molecular complexity index is 184. The first-order valence-electron chi connectivity index (χ1n) is 4.12. The monoisotopic (exact) mass is 187 g/mol. The van der Waals surface area contributed by atoms with Crippen molar-refractivity contribution < 1.29 is 14.6 Å². The van der Waals surface area contributed by atoms with E-state index in [0.717, 1.165) is 0 Å². The zero-order chi connectivity index (χ0) is 10.5. The van der Waals surface area contributed by atoms with Gasteiger partial charge in [0.25, 0.3) is 0 Å². The molecule has 0 spiro atoms. The number of ether oxygens (including phenoxy) is 1. The number of amides is 1. The van der Waals surface area contributed by atoms with E-state index < -0.39 is 17.8 Å². The third-order valence-electron chi connectivity index (χ3n) is 1.13. The zero-order valence-corrected chi connectivity index (χ0v) is 8.33. The van der Waals surface area contributed by atoms with Gasteiger partial charge in [-0.25, -0.2) is 4.79 Å². The molecule has 13 heavy (non-hydrogen) atoms. The Morgan fingerprint density at radius 2 is 2.23 bits per heavy atom. The van der Waals surface area contributed by atoms with Gasteiger partial charge in [-0.3, -0.25) is 0 Å². The number of aliphatic hydroxyl groups excluding tert-OH is 1. The van der Waals surface area contributed by atoms with Crippen molar-refractivity contribution in [1.29, 1.82) is 0 Å². The van der Waals surface area contributed by atoms with Crippen molar-refractivity contribution in [1.82, 2.24) is 5.32 Å². The summed E-state index contributed by atoms with van der Waals surface area (Å²) in [6.45, 7) is 8.82. The average molecular weight is 187 g/mol. The molecule has 0 saturated carbocycles. The van der Waals surface area contributed by atoms with Crippen LogP contribution in [-0.2, 0) is 4.74 Å². The van der Waals surface area contributed by atoms with E-state index in [2.05, 4.69) is 11.9 Å². The van der Waals surface area contributed by atoms with Crippen LogP contribution in [0.3, 0.4) is 0 Å². The number of aliphatic hydroxyl groups is 1. The second-order valence-corrected chi connectivity index (χ2v) is 3.69. The predicted octanol–water partition coefficient (Wildman–Crippen LogP) is 1.06. The predicted molar refractivity (Wildman–Crippen MR) is 50.4 cm³/mol. The molecule has 0 radical (unpaired) electrons. The first kappa shape index (κ1) is 12.0. The number of alkyl carbamates (subject to hydrolysis) is 1. The highest BCUT2D eigenvalue weighted by Gasteiger charge is 2.15. The van der Waals surface area contributed by atoms with Gasteiger partial charge in [0.1, 0.15) is 5.60 Å². The van der Waals surface area contributed by atoms with E-state index >= 15 is 0 Å². The summed E-state index contributed by atoms with van der Waals surface area (Å²) in [5.74, 6) is 0. The molecule has 0 fully saturated rings. The molecule has 0 aromatic carbocycles. The van der Waals surface area contributed by atoms with Crippen molar-refractivity contribution in [3.8, 4) is 0 Å². The van der Waals surface area contributed by atoms with Gasteiger partial charge in [-0.15, -0.1) is 6.58 Å². The van der Waals surface area contributed by atoms with Crippen molar-refractivity contribution in [2.75, 3.05) is 6.54 Å². The van der Waals surface area contributed by atoms with Gasteiger partial charge in [0.2, 0.25) is 0 Å². The molecule has 0 rings (SSSR count). The van der Waals surface area contributed by atoms with Gasteiger partial charge in [-0.2, -0.15) is 0 Å². The Labute approximate surface area is 78.6 Å². The van der Waals surface area contributed by atoms with Crippen LogP contribution in [-0.4, -0.2) is 29.4 Å². The molecule has 0 heterocycles. The van der Waals surface area contributed by atoms with E-state index in [0.29, 0.717) is 0 Å². The third-order valence-corrected chi connectivity index (χ3v) is 1.13. The number of carbonyl (C=O) groups excluding carboxylic acids is 1. The summed E-state index contributed by atoms with van der Waals surface area (Å²) in [6, 6.07) is 0. The number of hydrogen-bond donors (Lipinski definition) is 2. The molecule has 0 saturated heterocycles. The van der Waals surface area contributed by atoms with Gasteiger partial charge in [-0.05, 0) is 20.8 Å². The lowest BCUT2D eigenvalue weighted by atomic mass is 10.2. The molecule has 4 nitrogen and oxygen atoms in total. The summed E-state index contributed by atoms with van der Waals surface area (Å²) in [5.41, 5.74) is -0.511. The van der Waals surface area contributed by atoms with Crippen LogP contribution in [0.15, 0.2) is 12.7 Å². The van der Waals surface area contributed by atoms with Gasteiger partial charge in [-0.1, -0.05) is 6.08 Å². The van der Waals surface area contributed by atoms with E-state index in [9.17, 15) is 4.79 Å². The maximum absolute atomic E-state index is 11.0. The molecule has 1 amide bonds. The molecule has 0 aliphatic carbocycles. The fraction of sp³-hybridized carbons (Fsp3) is 0.667. The third kappa shape index (κ3) is 7.33. The SMILES string of the molecule is C=C[C@@H](O)CNC(=O)OC(C)(C)C. The lowest BCUT2D eigenvalue weighted by Crippen LogP contribution is -2.36. The Morgan fingerprint density at radius 3 is 2.62 bits per heavy atom. The molecule has 1 atom stereocenters.